The molecule has 0 radical (unpaired) electrons. The van der Waals surface area contributed by atoms with Crippen molar-refractivity contribution in [2.24, 2.45) is 0 Å². The molecule has 0 fully saturated rings. The summed E-state index contributed by atoms with van der Waals surface area (Å²) < 4.78 is 14.7. The molecule has 0 aliphatic heterocycles. The standard InChI is InChI=1S/C13H14FN3OS/c1-2-17-8-7-15-13(17)19-9-12(18)16-11-5-3-10(14)4-6-11/h3-8H,2,9H2,1H3,(H,16,18). The first-order valence-corrected chi connectivity index (χ1v) is 6.87. The van der Waals surface area contributed by atoms with E-state index in [1.807, 2.05) is 17.7 Å². The number of hydrogen-bond acceptors (Lipinski definition) is 3. The molecule has 1 aromatic heterocycles. The third kappa shape index (κ3) is 3.82. The maximum absolute atomic E-state index is 12.7. The molecule has 0 aliphatic carbocycles. The van der Waals surface area contributed by atoms with Crippen LogP contribution in [0.4, 0.5) is 10.1 Å². The van der Waals surface area contributed by atoms with Crippen LogP contribution in [0.1, 0.15) is 6.92 Å². The van der Waals surface area contributed by atoms with Gasteiger partial charge in [0.2, 0.25) is 5.91 Å². The van der Waals surface area contributed by atoms with Gasteiger partial charge in [-0.15, -0.1) is 0 Å². The molecule has 0 unspecified atom stereocenters. The SMILES string of the molecule is CCn1ccnc1SCC(=O)Nc1ccc(F)cc1. The Kier molecular flexibility index (Phi) is 4.57. The van der Waals surface area contributed by atoms with Gasteiger partial charge in [0, 0.05) is 24.6 Å². The van der Waals surface area contributed by atoms with Gasteiger partial charge in [-0.3, -0.25) is 4.79 Å². The Morgan fingerprint density at radius 2 is 2.16 bits per heavy atom. The Morgan fingerprint density at radius 3 is 2.84 bits per heavy atom. The molecule has 19 heavy (non-hydrogen) atoms. The average Bonchev–Trinajstić information content (AvgIpc) is 2.86. The van der Waals surface area contributed by atoms with Crippen molar-refractivity contribution in [1.29, 1.82) is 0 Å². The zero-order chi connectivity index (χ0) is 13.7. The summed E-state index contributed by atoms with van der Waals surface area (Å²) in [5, 5.41) is 3.52. The van der Waals surface area contributed by atoms with Gasteiger partial charge in [0.25, 0.3) is 0 Å². The van der Waals surface area contributed by atoms with Gasteiger partial charge in [-0.1, -0.05) is 11.8 Å². The van der Waals surface area contributed by atoms with Crippen LogP contribution in [0.2, 0.25) is 0 Å². The number of thioether (sulfide) groups is 1. The van der Waals surface area contributed by atoms with Crippen molar-refractivity contribution in [2.45, 2.75) is 18.6 Å². The van der Waals surface area contributed by atoms with Crippen LogP contribution >= 0.6 is 11.8 Å². The molecule has 0 saturated carbocycles. The molecule has 100 valence electrons. The average molecular weight is 279 g/mol. The lowest BCUT2D eigenvalue weighted by Gasteiger charge is -2.06. The summed E-state index contributed by atoms with van der Waals surface area (Å²) in [6.45, 7) is 2.84. The molecular formula is C13H14FN3OS. The highest BCUT2D eigenvalue weighted by Gasteiger charge is 2.07. The van der Waals surface area contributed by atoms with Crippen LogP contribution in [0, 0.1) is 5.82 Å². The van der Waals surface area contributed by atoms with Crippen LogP contribution < -0.4 is 5.32 Å². The van der Waals surface area contributed by atoms with Crippen molar-refractivity contribution in [1.82, 2.24) is 9.55 Å². The van der Waals surface area contributed by atoms with Crippen LogP contribution in [-0.2, 0) is 11.3 Å². The minimum Gasteiger partial charge on any atom is -0.326 e. The number of aryl methyl sites for hydroxylation is 1. The highest BCUT2D eigenvalue weighted by atomic mass is 32.2. The van der Waals surface area contributed by atoms with Crippen molar-refractivity contribution >= 4 is 23.4 Å². The fourth-order valence-corrected chi connectivity index (χ4v) is 2.36. The minimum atomic E-state index is -0.322. The second kappa shape index (κ2) is 6.38. The van der Waals surface area contributed by atoms with Gasteiger partial charge < -0.3 is 9.88 Å². The molecule has 0 spiro atoms. The number of rotatable bonds is 5. The number of nitrogens with zero attached hydrogens (tertiary/aromatic N) is 2. The topological polar surface area (TPSA) is 46.9 Å². The van der Waals surface area contributed by atoms with Gasteiger partial charge >= 0.3 is 0 Å². The first-order chi connectivity index (χ1) is 9.19. The summed E-state index contributed by atoms with van der Waals surface area (Å²) in [7, 11) is 0. The summed E-state index contributed by atoms with van der Waals surface area (Å²) in [5.41, 5.74) is 0.589. The molecule has 0 aliphatic rings. The molecule has 1 amide bonds. The fraction of sp³-hybridized carbons (Fsp3) is 0.231. The quantitative estimate of drug-likeness (QED) is 0.856. The van der Waals surface area contributed by atoms with E-state index in [4.69, 9.17) is 0 Å². The van der Waals surface area contributed by atoms with Crippen molar-refractivity contribution in [3.8, 4) is 0 Å². The van der Waals surface area contributed by atoms with Crippen molar-refractivity contribution < 1.29 is 9.18 Å². The smallest absolute Gasteiger partial charge is 0.234 e. The van der Waals surface area contributed by atoms with E-state index < -0.39 is 0 Å². The van der Waals surface area contributed by atoms with Crippen molar-refractivity contribution in [3.05, 3.63) is 42.5 Å². The molecule has 6 heteroatoms. The second-order valence-electron chi connectivity index (χ2n) is 3.84. The maximum Gasteiger partial charge on any atom is 0.234 e. The predicted octanol–water partition coefficient (Wildman–Crippen LogP) is 2.77. The molecular weight excluding hydrogens is 265 g/mol. The number of anilines is 1. The number of nitrogens with one attached hydrogen (secondary N) is 1. The predicted molar refractivity (Wildman–Crippen MR) is 73.7 cm³/mol. The molecule has 1 N–H and O–H groups in total. The largest absolute Gasteiger partial charge is 0.326 e. The van der Waals surface area contributed by atoms with E-state index >= 15 is 0 Å². The molecule has 2 rings (SSSR count). The number of benzene rings is 1. The lowest BCUT2D eigenvalue weighted by molar-refractivity contribution is -0.113. The first-order valence-electron chi connectivity index (χ1n) is 5.88. The zero-order valence-electron chi connectivity index (χ0n) is 10.5. The third-order valence-corrected chi connectivity index (χ3v) is 3.48. The summed E-state index contributed by atoms with van der Waals surface area (Å²) in [5.74, 6) is -0.186. The normalized spacial score (nSPS) is 10.4. The Balaban J connectivity index is 1.86. The molecule has 0 bridgehead atoms. The lowest BCUT2D eigenvalue weighted by atomic mass is 10.3. The second-order valence-corrected chi connectivity index (χ2v) is 4.78. The highest BCUT2D eigenvalue weighted by molar-refractivity contribution is 7.99. The van der Waals surface area contributed by atoms with E-state index in [2.05, 4.69) is 10.3 Å². The molecule has 1 heterocycles. The summed E-state index contributed by atoms with van der Waals surface area (Å²) in [4.78, 5) is 15.9. The van der Waals surface area contributed by atoms with E-state index in [0.29, 0.717) is 5.69 Å². The van der Waals surface area contributed by atoms with E-state index in [1.54, 1.807) is 6.20 Å². The van der Waals surface area contributed by atoms with E-state index in [9.17, 15) is 9.18 Å². The summed E-state index contributed by atoms with van der Waals surface area (Å²) >= 11 is 1.37. The zero-order valence-corrected chi connectivity index (χ0v) is 11.3. The number of carbonyl (C=O) groups is 1. The van der Waals surface area contributed by atoms with Gasteiger partial charge in [-0.25, -0.2) is 9.37 Å². The molecule has 2 aromatic rings. The van der Waals surface area contributed by atoms with Gasteiger partial charge in [0.15, 0.2) is 5.16 Å². The highest BCUT2D eigenvalue weighted by Crippen LogP contribution is 2.16. The fourth-order valence-electron chi connectivity index (χ4n) is 1.54. The monoisotopic (exact) mass is 279 g/mol. The van der Waals surface area contributed by atoms with Crippen molar-refractivity contribution in [2.75, 3.05) is 11.1 Å². The number of aromatic nitrogens is 2. The minimum absolute atomic E-state index is 0.137. The Hall–Kier alpha value is -1.82. The molecule has 0 saturated heterocycles. The maximum atomic E-state index is 12.7. The Morgan fingerprint density at radius 1 is 1.42 bits per heavy atom. The van der Waals surface area contributed by atoms with E-state index in [0.717, 1.165) is 11.7 Å². The van der Waals surface area contributed by atoms with Gasteiger partial charge in [0.05, 0.1) is 5.75 Å². The van der Waals surface area contributed by atoms with Crippen LogP contribution in [0.3, 0.4) is 0 Å². The van der Waals surface area contributed by atoms with Crippen LogP contribution in [0.15, 0.2) is 41.8 Å². The number of halogens is 1. The first kappa shape index (κ1) is 13.6. The number of carbonyl (C=O) groups excluding carboxylic acids is 1. The number of amides is 1. The molecule has 4 nitrogen and oxygen atoms in total. The molecule has 0 atom stereocenters. The number of imidazole rings is 1. The van der Waals surface area contributed by atoms with Crippen molar-refractivity contribution in [3.63, 3.8) is 0 Å². The number of hydrogen-bond donors (Lipinski definition) is 1. The van der Waals surface area contributed by atoms with Crippen LogP contribution in [-0.4, -0.2) is 21.2 Å². The van der Waals surface area contributed by atoms with Gasteiger partial charge in [-0.05, 0) is 31.2 Å². The summed E-state index contributed by atoms with van der Waals surface area (Å²) in [6.07, 6.45) is 3.59. The van der Waals surface area contributed by atoms with E-state index in [1.165, 1.54) is 36.0 Å². The lowest BCUT2D eigenvalue weighted by Crippen LogP contribution is -2.14. The Labute approximate surface area is 115 Å². The Bertz CT molecular complexity index is 553. The third-order valence-electron chi connectivity index (χ3n) is 2.48. The molecule has 1 aromatic carbocycles. The summed E-state index contributed by atoms with van der Waals surface area (Å²) in [6, 6.07) is 5.69. The van der Waals surface area contributed by atoms with Crippen LogP contribution in [0.5, 0.6) is 0 Å². The van der Waals surface area contributed by atoms with Gasteiger partial charge in [0.1, 0.15) is 5.82 Å². The van der Waals surface area contributed by atoms with Gasteiger partial charge in [-0.2, -0.15) is 0 Å². The van der Waals surface area contributed by atoms with E-state index in [-0.39, 0.29) is 17.5 Å². The van der Waals surface area contributed by atoms with Crippen LogP contribution in [0.25, 0.3) is 0 Å².